The summed E-state index contributed by atoms with van der Waals surface area (Å²) in [6.07, 6.45) is 2.05. The van der Waals surface area contributed by atoms with Gasteiger partial charge in [0, 0.05) is 18.5 Å². The van der Waals surface area contributed by atoms with E-state index in [-0.39, 0.29) is 23.2 Å². The Bertz CT molecular complexity index is 598. The minimum absolute atomic E-state index is 0.0471. The molecule has 0 fully saturated rings. The molecule has 0 aliphatic heterocycles. The predicted molar refractivity (Wildman–Crippen MR) is 76.9 cm³/mol. The molecule has 0 spiro atoms. The number of anilines is 1. The van der Waals surface area contributed by atoms with Crippen molar-refractivity contribution in [3.8, 4) is 0 Å². The number of nitrogens with zero attached hydrogens (tertiary/aromatic N) is 2. The van der Waals surface area contributed by atoms with E-state index in [0.29, 0.717) is 12.1 Å². The number of aliphatic hydroxyl groups excluding tert-OH is 1. The summed E-state index contributed by atoms with van der Waals surface area (Å²) in [5.41, 5.74) is 0.136. The van der Waals surface area contributed by atoms with E-state index >= 15 is 0 Å². The summed E-state index contributed by atoms with van der Waals surface area (Å²) in [5.74, 6) is 0. The van der Waals surface area contributed by atoms with Crippen LogP contribution in [0.3, 0.4) is 0 Å². The summed E-state index contributed by atoms with van der Waals surface area (Å²) in [6, 6.07) is 3.83. The standard InChI is InChI=1S/C12H14ClN3O2S/c1-16-12(18)11(13)9(7-14-16)15-8(4-5-17)10-3-2-6-19-10/h2-3,6-8,15,17H,4-5H2,1H3/t8-/m1/s1. The molecule has 0 saturated carbocycles. The summed E-state index contributed by atoms with van der Waals surface area (Å²) in [6.45, 7) is 0.0471. The molecule has 0 unspecified atom stereocenters. The number of hydrogen-bond donors (Lipinski definition) is 2. The van der Waals surface area contributed by atoms with Crippen LogP contribution in [0.2, 0.25) is 5.02 Å². The van der Waals surface area contributed by atoms with Crippen LogP contribution in [0.1, 0.15) is 17.3 Å². The Morgan fingerprint density at radius 2 is 2.42 bits per heavy atom. The first-order chi connectivity index (χ1) is 9.13. The zero-order chi connectivity index (χ0) is 13.8. The molecule has 2 aromatic heterocycles. The van der Waals surface area contributed by atoms with Gasteiger partial charge in [0.05, 0.1) is 17.9 Å². The summed E-state index contributed by atoms with van der Waals surface area (Å²) < 4.78 is 1.18. The summed E-state index contributed by atoms with van der Waals surface area (Å²) >= 11 is 7.59. The lowest BCUT2D eigenvalue weighted by atomic mass is 10.1. The lowest BCUT2D eigenvalue weighted by Gasteiger charge is -2.18. The minimum atomic E-state index is -0.347. The largest absolute Gasteiger partial charge is 0.396 e. The zero-order valence-corrected chi connectivity index (χ0v) is 11.9. The third kappa shape index (κ3) is 3.15. The van der Waals surface area contributed by atoms with Gasteiger partial charge in [0.25, 0.3) is 5.56 Å². The average Bonchev–Trinajstić information content (AvgIpc) is 2.92. The van der Waals surface area contributed by atoms with Crippen LogP contribution in [-0.4, -0.2) is 21.5 Å². The molecule has 0 bridgehead atoms. The number of hydrogen-bond acceptors (Lipinski definition) is 5. The molecule has 0 aliphatic rings. The molecule has 0 radical (unpaired) electrons. The normalized spacial score (nSPS) is 12.4. The molecular weight excluding hydrogens is 286 g/mol. The highest BCUT2D eigenvalue weighted by atomic mass is 35.5. The molecular formula is C12H14ClN3O2S. The third-order valence-electron chi connectivity index (χ3n) is 2.71. The van der Waals surface area contributed by atoms with Crippen LogP contribution in [0.25, 0.3) is 0 Å². The van der Waals surface area contributed by atoms with E-state index in [9.17, 15) is 4.79 Å². The topological polar surface area (TPSA) is 67.2 Å². The Kier molecular flexibility index (Phi) is 4.57. The Labute approximate surface area is 119 Å². The average molecular weight is 300 g/mol. The van der Waals surface area contributed by atoms with Gasteiger partial charge >= 0.3 is 0 Å². The number of aliphatic hydroxyl groups is 1. The first-order valence-electron chi connectivity index (χ1n) is 5.76. The lowest BCUT2D eigenvalue weighted by molar-refractivity contribution is 0.280. The van der Waals surface area contributed by atoms with E-state index in [1.165, 1.54) is 10.9 Å². The summed E-state index contributed by atoms with van der Waals surface area (Å²) in [4.78, 5) is 12.8. The Balaban J connectivity index is 2.27. The van der Waals surface area contributed by atoms with Gasteiger partial charge in [-0.2, -0.15) is 5.10 Å². The minimum Gasteiger partial charge on any atom is -0.396 e. The summed E-state index contributed by atoms with van der Waals surface area (Å²) in [5, 5.41) is 18.3. The number of thiophene rings is 1. The second kappa shape index (κ2) is 6.18. The molecule has 2 rings (SSSR count). The van der Waals surface area contributed by atoms with Crippen molar-refractivity contribution in [2.75, 3.05) is 11.9 Å². The van der Waals surface area contributed by atoms with Crippen molar-refractivity contribution in [3.05, 3.63) is 44.0 Å². The fourth-order valence-electron chi connectivity index (χ4n) is 1.70. The van der Waals surface area contributed by atoms with Crippen molar-refractivity contribution in [1.29, 1.82) is 0 Å². The van der Waals surface area contributed by atoms with Crippen molar-refractivity contribution >= 4 is 28.6 Å². The number of aryl methyl sites for hydroxylation is 1. The van der Waals surface area contributed by atoms with E-state index in [4.69, 9.17) is 16.7 Å². The van der Waals surface area contributed by atoms with Crippen molar-refractivity contribution in [2.24, 2.45) is 7.05 Å². The van der Waals surface area contributed by atoms with Gasteiger partial charge in [-0.25, -0.2) is 4.68 Å². The Morgan fingerprint density at radius 1 is 1.63 bits per heavy atom. The predicted octanol–water partition coefficient (Wildman–Crippen LogP) is 2.03. The molecule has 0 aromatic carbocycles. The van der Waals surface area contributed by atoms with E-state index in [2.05, 4.69) is 10.4 Å². The van der Waals surface area contributed by atoms with Gasteiger partial charge in [0.2, 0.25) is 0 Å². The zero-order valence-electron chi connectivity index (χ0n) is 10.3. The summed E-state index contributed by atoms with van der Waals surface area (Å²) in [7, 11) is 1.54. The van der Waals surface area contributed by atoms with Crippen molar-refractivity contribution in [3.63, 3.8) is 0 Å². The highest BCUT2D eigenvalue weighted by molar-refractivity contribution is 7.10. The second-order valence-corrected chi connectivity index (χ2v) is 5.38. The SMILES string of the molecule is Cn1ncc(N[C@H](CCO)c2cccs2)c(Cl)c1=O. The van der Waals surface area contributed by atoms with Gasteiger partial charge in [0.15, 0.2) is 0 Å². The molecule has 102 valence electrons. The Hall–Kier alpha value is -1.37. The number of aromatic nitrogens is 2. The van der Waals surface area contributed by atoms with Crippen LogP contribution in [-0.2, 0) is 7.05 Å². The molecule has 5 nitrogen and oxygen atoms in total. The van der Waals surface area contributed by atoms with E-state index in [1.807, 2.05) is 17.5 Å². The van der Waals surface area contributed by atoms with Crippen LogP contribution >= 0.6 is 22.9 Å². The highest BCUT2D eigenvalue weighted by Crippen LogP contribution is 2.27. The molecule has 2 N–H and O–H groups in total. The van der Waals surface area contributed by atoms with Gasteiger partial charge in [-0.1, -0.05) is 17.7 Å². The van der Waals surface area contributed by atoms with Crippen LogP contribution < -0.4 is 10.9 Å². The van der Waals surface area contributed by atoms with Gasteiger partial charge in [-0.3, -0.25) is 4.79 Å². The second-order valence-electron chi connectivity index (χ2n) is 4.03. The fourth-order valence-corrected chi connectivity index (χ4v) is 2.74. The first-order valence-corrected chi connectivity index (χ1v) is 7.02. The lowest BCUT2D eigenvalue weighted by Crippen LogP contribution is -2.22. The van der Waals surface area contributed by atoms with Crippen molar-refractivity contribution < 1.29 is 5.11 Å². The van der Waals surface area contributed by atoms with Crippen LogP contribution in [0.5, 0.6) is 0 Å². The van der Waals surface area contributed by atoms with E-state index in [1.54, 1.807) is 18.4 Å². The molecule has 0 aliphatic carbocycles. The van der Waals surface area contributed by atoms with Crippen LogP contribution in [0, 0.1) is 0 Å². The quantitative estimate of drug-likeness (QED) is 0.886. The number of halogens is 1. The Morgan fingerprint density at radius 3 is 3.05 bits per heavy atom. The first kappa shape index (κ1) is 14.0. The van der Waals surface area contributed by atoms with Crippen LogP contribution in [0.4, 0.5) is 5.69 Å². The molecule has 1 atom stereocenters. The van der Waals surface area contributed by atoms with Gasteiger partial charge in [0.1, 0.15) is 5.02 Å². The maximum atomic E-state index is 11.7. The molecule has 2 heterocycles. The smallest absolute Gasteiger partial charge is 0.287 e. The molecule has 19 heavy (non-hydrogen) atoms. The van der Waals surface area contributed by atoms with Gasteiger partial charge < -0.3 is 10.4 Å². The van der Waals surface area contributed by atoms with Gasteiger partial charge in [-0.05, 0) is 17.9 Å². The number of nitrogens with one attached hydrogen (secondary N) is 1. The molecule has 2 aromatic rings. The van der Waals surface area contributed by atoms with Gasteiger partial charge in [-0.15, -0.1) is 11.3 Å². The number of rotatable bonds is 5. The third-order valence-corrected chi connectivity index (χ3v) is 4.06. The maximum Gasteiger partial charge on any atom is 0.287 e. The fraction of sp³-hybridized carbons (Fsp3) is 0.333. The molecule has 0 saturated heterocycles. The van der Waals surface area contributed by atoms with Crippen molar-refractivity contribution in [2.45, 2.75) is 12.5 Å². The van der Waals surface area contributed by atoms with E-state index in [0.717, 1.165) is 4.88 Å². The van der Waals surface area contributed by atoms with E-state index < -0.39 is 0 Å². The van der Waals surface area contributed by atoms with Crippen molar-refractivity contribution in [1.82, 2.24) is 9.78 Å². The van der Waals surface area contributed by atoms with Crippen LogP contribution in [0.15, 0.2) is 28.5 Å². The monoisotopic (exact) mass is 299 g/mol. The highest BCUT2D eigenvalue weighted by Gasteiger charge is 2.15. The molecule has 7 heteroatoms. The maximum absolute atomic E-state index is 11.7. The molecule has 0 amide bonds.